The van der Waals surface area contributed by atoms with Gasteiger partial charge in [0, 0.05) is 5.56 Å². The summed E-state index contributed by atoms with van der Waals surface area (Å²) in [7, 11) is 0. The predicted molar refractivity (Wildman–Crippen MR) is 82.9 cm³/mol. The van der Waals surface area contributed by atoms with Gasteiger partial charge in [0.05, 0.1) is 12.0 Å². The molecule has 0 saturated carbocycles. The molecule has 0 bridgehead atoms. The van der Waals surface area contributed by atoms with E-state index in [2.05, 4.69) is 10.3 Å². The minimum Gasteiger partial charge on any atom is -0.465 e. The molecule has 3 aromatic rings. The Morgan fingerprint density at radius 2 is 2.04 bits per heavy atom. The van der Waals surface area contributed by atoms with Crippen molar-refractivity contribution in [3.63, 3.8) is 0 Å². The molecule has 0 saturated heterocycles. The summed E-state index contributed by atoms with van der Waals surface area (Å²) >= 11 is 0. The molecule has 0 radical (unpaired) electrons. The molecule has 0 aliphatic carbocycles. The van der Waals surface area contributed by atoms with Crippen LogP contribution in [0, 0.1) is 6.92 Å². The smallest absolute Gasteiger partial charge is 0.327 e. The van der Waals surface area contributed by atoms with Crippen LogP contribution in [0.2, 0.25) is 0 Å². The first-order valence-electron chi connectivity index (χ1n) is 7.20. The van der Waals surface area contributed by atoms with Gasteiger partial charge in [0.25, 0.3) is 5.56 Å². The first-order valence-corrected chi connectivity index (χ1v) is 7.20. The number of aromatic nitrogens is 3. The molecule has 7 heteroatoms. The molecule has 0 atom stereocenters. The zero-order valence-electron chi connectivity index (χ0n) is 12.8. The van der Waals surface area contributed by atoms with Crippen molar-refractivity contribution in [3.8, 4) is 11.3 Å². The van der Waals surface area contributed by atoms with E-state index in [9.17, 15) is 9.59 Å². The number of rotatable bonds is 4. The number of fused-ring (bicyclic) bond motifs is 1. The molecule has 118 valence electrons. The number of nitrogens with zero attached hydrogens (tertiary/aromatic N) is 3. The summed E-state index contributed by atoms with van der Waals surface area (Å²) < 4.78 is 11.1. The summed E-state index contributed by atoms with van der Waals surface area (Å²) in [6, 6.07) is 9.36. The Morgan fingerprint density at radius 1 is 1.30 bits per heavy atom. The summed E-state index contributed by atoms with van der Waals surface area (Å²) in [5, 5.41) is 8.70. The molecule has 2 aromatic heterocycles. The Labute approximate surface area is 131 Å². The molecule has 7 nitrogen and oxygen atoms in total. The third-order valence-electron chi connectivity index (χ3n) is 3.39. The van der Waals surface area contributed by atoms with Crippen molar-refractivity contribution in [1.29, 1.82) is 0 Å². The van der Waals surface area contributed by atoms with E-state index in [4.69, 9.17) is 9.26 Å². The molecule has 0 unspecified atom stereocenters. The van der Waals surface area contributed by atoms with Gasteiger partial charge >= 0.3 is 5.97 Å². The lowest BCUT2D eigenvalue weighted by atomic mass is 10.1. The normalized spacial score (nSPS) is 10.9. The quantitative estimate of drug-likeness (QED) is 0.684. The lowest BCUT2D eigenvalue weighted by molar-refractivity contribution is -0.144. The van der Waals surface area contributed by atoms with Crippen LogP contribution in [0.1, 0.15) is 12.7 Å². The van der Waals surface area contributed by atoms with Crippen molar-refractivity contribution < 1.29 is 14.1 Å². The van der Waals surface area contributed by atoms with E-state index in [1.807, 2.05) is 30.3 Å². The van der Waals surface area contributed by atoms with Crippen LogP contribution in [0.4, 0.5) is 0 Å². The fourth-order valence-corrected chi connectivity index (χ4v) is 2.37. The third kappa shape index (κ3) is 2.73. The molecular formula is C16H15N3O4. The van der Waals surface area contributed by atoms with Crippen LogP contribution in [-0.4, -0.2) is 27.5 Å². The van der Waals surface area contributed by atoms with E-state index in [-0.39, 0.29) is 18.7 Å². The second-order valence-electron chi connectivity index (χ2n) is 4.94. The predicted octanol–water partition coefficient (Wildman–Crippen LogP) is 1.92. The summed E-state index contributed by atoms with van der Waals surface area (Å²) in [6.07, 6.45) is 0. The third-order valence-corrected chi connectivity index (χ3v) is 3.39. The maximum Gasteiger partial charge on any atom is 0.327 e. The van der Waals surface area contributed by atoms with Crippen molar-refractivity contribution in [2.24, 2.45) is 0 Å². The van der Waals surface area contributed by atoms with Gasteiger partial charge in [0.15, 0.2) is 5.52 Å². The molecular weight excluding hydrogens is 298 g/mol. The lowest BCUT2D eigenvalue weighted by Gasteiger charge is -2.08. The first kappa shape index (κ1) is 15.0. The van der Waals surface area contributed by atoms with E-state index in [1.54, 1.807) is 13.8 Å². The molecule has 0 fully saturated rings. The summed E-state index contributed by atoms with van der Waals surface area (Å²) in [6.45, 7) is 3.39. The molecule has 0 spiro atoms. The summed E-state index contributed by atoms with van der Waals surface area (Å²) in [5.74, 6) is -0.0209. The van der Waals surface area contributed by atoms with Crippen molar-refractivity contribution in [2.75, 3.05) is 6.61 Å². The Hall–Kier alpha value is -2.96. The van der Waals surface area contributed by atoms with E-state index >= 15 is 0 Å². The number of benzene rings is 1. The largest absolute Gasteiger partial charge is 0.465 e. The maximum atomic E-state index is 12.4. The highest BCUT2D eigenvalue weighted by Crippen LogP contribution is 2.26. The fraction of sp³-hybridized carbons (Fsp3) is 0.250. The Balaban J connectivity index is 2.22. The second kappa shape index (κ2) is 6.04. The van der Waals surface area contributed by atoms with Gasteiger partial charge in [0.1, 0.15) is 18.0 Å². The standard InChI is InChI=1S/C16H15N3O4/c1-3-22-12(20)9-19-16(21)15-13(10(2)23-18-15)14(17-19)11-7-5-4-6-8-11/h4-8H,3,9H2,1-2H3. The van der Waals surface area contributed by atoms with Gasteiger partial charge in [-0.2, -0.15) is 5.10 Å². The van der Waals surface area contributed by atoms with Gasteiger partial charge in [-0.25, -0.2) is 4.68 Å². The number of aryl methyl sites for hydroxylation is 1. The summed E-state index contributed by atoms with van der Waals surface area (Å²) in [5.41, 5.74) is 1.02. The van der Waals surface area contributed by atoms with Crippen LogP contribution in [0.5, 0.6) is 0 Å². The minimum absolute atomic E-state index is 0.153. The number of esters is 1. The molecule has 0 aliphatic rings. The van der Waals surface area contributed by atoms with Gasteiger partial charge in [-0.3, -0.25) is 9.59 Å². The molecule has 3 rings (SSSR count). The zero-order chi connectivity index (χ0) is 16.4. The SMILES string of the molecule is CCOC(=O)Cn1nc(-c2ccccc2)c2c(C)onc2c1=O. The molecule has 1 aromatic carbocycles. The molecule has 23 heavy (non-hydrogen) atoms. The average molecular weight is 313 g/mol. The van der Waals surface area contributed by atoms with Gasteiger partial charge < -0.3 is 9.26 Å². The molecule has 2 heterocycles. The number of carbonyl (C=O) groups excluding carboxylic acids is 1. The van der Waals surface area contributed by atoms with Crippen LogP contribution < -0.4 is 5.56 Å². The lowest BCUT2D eigenvalue weighted by Crippen LogP contribution is -2.28. The second-order valence-corrected chi connectivity index (χ2v) is 4.94. The number of hydrogen-bond donors (Lipinski definition) is 0. The molecule has 0 amide bonds. The highest BCUT2D eigenvalue weighted by atomic mass is 16.5. The highest BCUT2D eigenvalue weighted by molar-refractivity contribution is 5.93. The van der Waals surface area contributed by atoms with Crippen molar-refractivity contribution in [1.82, 2.24) is 14.9 Å². The summed E-state index contributed by atoms with van der Waals surface area (Å²) in [4.78, 5) is 24.1. The maximum absolute atomic E-state index is 12.4. The van der Waals surface area contributed by atoms with E-state index in [1.165, 1.54) is 0 Å². The van der Waals surface area contributed by atoms with E-state index in [0.717, 1.165) is 10.2 Å². The Bertz CT molecular complexity index is 912. The van der Waals surface area contributed by atoms with Crippen molar-refractivity contribution in [3.05, 3.63) is 46.4 Å². The molecule has 0 N–H and O–H groups in total. The van der Waals surface area contributed by atoms with Crippen molar-refractivity contribution >= 4 is 16.9 Å². The Morgan fingerprint density at radius 3 is 2.74 bits per heavy atom. The first-order chi connectivity index (χ1) is 11.1. The van der Waals surface area contributed by atoms with Crippen LogP contribution in [0.15, 0.2) is 39.6 Å². The number of carbonyl (C=O) groups is 1. The highest BCUT2D eigenvalue weighted by Gasteiger charge is 2.19. The van der Waals surface area contributed by atoms with E-state index < -0.39 is 11.5 Å². The van der Waals surface area contributed by atoms with Crippen LogP contribution >= 0.6 is 0 Å². The zero-order valence-corrected chi connectivity index (χ0v) is 12.8. The molecule has 0 aliphatic heterocycles. The van der Waals surface area contributed by atoms with Crippen LogP contribution in [-0.2, 0) is 16.1 Å². The topological polar surface area (TPSA) is 87.2 Å². The monoisotopic (exact) mass is 313 g/mol. The minimum atomic E-state index is -0.527. The fourth-order valence-electron chi connectivity index (χ4n) is 2.37. The van der Waals surface area contributed by atoms with Gasteiger partial charge in [0.2, 0.25) is 0 Å². The number of ether oxygens (including phenoxy) is 1. The van der Waals surface area contributed by atoms with Gasteiger partial charge in [-0.1, -0.05) is 35.5 Å². The average Bonchev–Trinajstić information content (AvgIpc) is 2.94. The van der Waals surface area contributed by atoms with Gasteiger partial charge in [-0.05, 0) is 13.8 Å². The van der Waals surface area contributed by atoms with Crippen LogP contribution in [0.25, 0.3) is 22.2 Å². The number of hydrogen-bond acceptors (Lipinski definition) is 6. The van der Waals surface area contributed by atoms with E-state index in [0.29, 0.717) is 16.8 Å². The Kier molecular flexibility index (Phi) is 3.92. The van der Waals surface area contributed by atoms with Crippen LogP contribution in [0.3, 0.4) is 0 Å². The van der Waals surface area contributed by atoms with Gasteiger partial charge in [-0.15, -0.1) is 0 Å². The van der Waals surface area contributed by atoms with Crippen molar-refractivity contribution in [2.45, 2.75) is 20.4 Å².